The Morgan fingerprint density at radius 3 is 2.36 bits per heavy atom. The predicted molar refractivity (Wildman–Crippen MR) is 98.3 cm³/mol. The number of aliphatic imine (C=N–C) groups is 1. The van der Waals surface area contributed by atoms with Crippen molar-refractivity contribution in [2.24, 2.45) is 4.99 Å². The minimum absolute atomic E-state index is 0.908. The summed E-state index contributed by atoms with van der Waals surface area (Å²) >= 11 is 1.88. The van der Waals surface area contributed by atoms with E-state index in [0.29, 0.717) is 0 Å². The van der Waals surface area contributed by atoms with Crippen molar-refractivity contribution in [3.8, 4) is 5.75 Å². The number of thioether (sulfide) groups is 1. The van der Waals surface area contributed by atoms with Crippen LogP contribution in [0.3, 0.4) is 0 Å². The number of nitrogens with zero attached hydrogens (tertiary/aromatic N) is 1. The third-order valence-electron chi connectivity index (χ3n) is 3.39. The molecule has 1 rings (SSSR count). The fraction of sp³-hybridized carbons (Fsp3) is 0.588. The third-order valence-corrected chi connectivity index (χ3v) is 4.08. The van der Waals surface area contributed by atoms with Crippen LogP contribution < -0.4 is 15.4 Å². The van der Waals surface area contributed by atoms with Crippen LogP contribution in [0.5, 0.6) is 5.75 Å². The van der Waals surface area contributed by atoms with E-state index in [9.17, 15) is 0 Å². The maximum Gasteiger partial charge on any atom is 0.190 e. The average Bonchev–Trinajstić information content (AvgIpc) is 2.57. The highest BCUT2D eigenvalue weighted by Gasteiger charge is 1.98. The van der Waals surface area contributed by atoms with Gasteiger partial charge in [-0.1, -0.05) is 12.1 Å². The lowest BCUT2D eigenvalue weighted by atomic mass is 10.1. The van der Waals surface area contributed by atoms with Crippen LogP contribution in [0.2, 0.25) is 0 Å². The molecule has 0 aromatic heterocycles. The van der Waals surface area contributed by atoms with Gasteiger partial charge in [-0.15, -0.1) is 0 Å². The van der Waals surface area contributed by atoms with Gasteiger partial charge in [0.25, 0.3) is 0 Å². The molecular weight excluding hydrogens is 294 g/mol. The molecule has 0 bridgehead atoms. The first-order chi connectivity index (χ1) is 10.8. The monoisotopic (exact) mass is 323 g/mol. The van der Waals surface area contributed by atoms with Crippen molar-refractivity contribution in [3.05, 3.63) is 29.8 Å². The van der Waals surface area contributed by atoms with Gasteiger partial charge in [0.1, 0.15) is 5.75 Å². The van der Waals surface area contributed by atoms with E-state index in [2.05, 4.69) is 34.0 Å². The molecule has 0 fully saturated rings. The number of guanidine groups is 1. The Labute approximate surface area is 139 Å². The molecule has 0 unspecified atom stereocenters. The molecule has 124 valence electrons. The van der Waals surface area contributed by atoms with E-state index in [4.69, 9.17) is 4.74 Å². The number of ether oxygens (including phenoxy) is 1. The summed E-state index contributed by atoms with van der Waals surface area (Å²) in [5.74, 6) is 3.01. The van der Waals surface area contributed by atoms with Crippen molar-refractivity contribution in [2.75, 3.05) is 39.3 Å². The zero-order valence-electron chi connectivity index (χ0n) is 14.0. The van der Waals surface area contributed by atoms with Crippen LogP contribution >= 0.6 is 11.8 Å². The van der Waals surface area contributed by atoms with Gasteiger partial charge in [-0.05, 0) is 55.4 Å². The zero-order valence-corrected chi connectivity index (χ0v) is 14.8. The van der Waals surface area contributed by atoms with E-state index in [-0.39, 0.29) is 0 Å². The van der Waals surface area contributed by atoms with E-state index in [1.54, 1.807) is 7.11 Å². The molecular formula is C17H29N3OS. The zero-order chi connectivity index (χ0) is 16.0. The Bertz CT molecular complexity index is 420. The largest absolute Gasteiger partial charge is 0.497 e. The molecule has 1 aromatic carbocycles. The smallest absolute Gasteiger partial charge is 0.190 e. The van der Waals surface area contributed by atoms with Crippen LogP contribution in [-0.4, -0.2) is 45.2 Å². The van der Waals surface area contributed by atoms with Crippen LogP contribution in [0.25, 0.3) is 0 Å². The predicted octanol–water partition coefficient (Wildman–Crippen LogP) is 2.94. The van der Waals surface area contributed by atoms with Crippen molar-refractivity contribution in [3.63, 3.8) is 0 Å². The maximum absolute atomic E-state index is 5.17. The second-order valence-electron chi connectivity index (χ2n) is 5.08. The highest BCUT2D eigenvalue weighted by atomic mass is 32.2. The summed E-state index contributed by atoms with van der Waals surface area (Å²) in [6.45, 7) is 1.94. The van der Waals surface area contributed by atoms with E-state index >= 15 is 0 Å². The molecule has 0 amide bonds. The van der Waals surface area contributed by atoms with Crippen molar-refractivity contribution in [1.82, 2.24) is 10.6 Å². The maximum atomic E-state index is 5.17. The summed E-state index contributed by atoms with van der Waals surface area (Å²) in [7, 11) is 3.52. The van der Waals surface area contributed by atoms with E-state index in [1.807, 2.05) is 30.9 Å². The molecule has 0 aliphatic rings. The lowest BCUT2D eigenvalue weighted by molar-refractivity contribution is 0.414. The first-order valence-electron chi connectivity index (χ1n) is 7.86. The summed E-state index contributed by atoms with van der Waals surface area (Å²) < 4.78 is 5.17. The van der Waals surface area contributed by atoms with Gasteiger partial charge in [0.05, 0.1) is 7.11 Å². The molecule has 0 aliphatic heterocycles. The number of methoxy groups -OCH3 is 1. The molecule has 0 heterocycles. The standard InChI is InChI=1S/C17H29N3OS/c1-18-17(20-13-6-14-22-3)19-12-5-4-7-15-8-10-16(21-2)11-9-15/h8-11H,4-7,12-14H2,1-3H3,(H2,18,19,20). The van der Waals surface area contributed by atoms with Gasteiger partial charge in [-0.25, -0.2) is 0 Å². The number of hydrogen-bond acceptors (Lipinski definition) is 3. The van der Waals surface area contributed by atoms with Gasteiger partial charge in [-0.3, -0.25) is 4.99 Å². The van der Waals surface area contributed by atoms with E-state index in [1.165, 1.54) is 24.2 Å². The van der Waals surface area contributed by atoms with Gasteiger partial charge in [0, 0.05) is 20.1 Å². The van der Waals surface area contributed by atoms with Crippen LogP contribution in [0.4, 0.5) is 0 Å². The van der Waals surface area contributed by atoms with Crippen molar-refractivity contribution in [2.45, 2.75) is 25.7 Å². The molecule has 5 heteroatoms. The highest BCUT2D eigenvalue weighted by Crippen LogP contribution is 2.12. The highest BCUT2D eigenvalue weighted by molar-refractivity contribution is 7.98. The second kappa shape index (κ2) is 12.2. The molecule has 22 heavy (non-hydrogen) atoms. The lowest BCUT2D eigenvalue weighted by Gasteiger charge is -2.11. The van der Waals surface area contributed by atoms with Crippen molar-refractivity contribution >= 4 is 17.7 Å². The van der Waals surface area contributed by atoms with Gasteiger partial charge in [0.2, 0.25) is 0 Å². The van der Waals surface area contributed by atoms with E-state index in [0.717, 1.165) is 37.6 Å². The number of unbranched alkanes of at least 4 members (excludes halogenated alkanes) is 1. The number of aryl methyl sites for hydroxylation is 1. The molecule has 4 nitrogen and oxygen atoms in total. The normalized spacial score (nSPS) is 11.3. The average molecular weight is 324 g/mol. The lowest BCUT2D eigenvalue weighted by Crippen LogP contribution is -2.38. The number of benzene rings is 1. The first-order valence-corrected chi connectivity index (χ1v) is 9.26. The van der Waals surface area contributed by atoms with Gasteiger partial charge in [0.15, 0.2) is 5.96 Å². The minimum atomic E-state index is 0.908. The molecule has 0 radical (unpaired) electrons. The molecule has 2 N–H and O–H groups in total. The second-order valence-corrected chi connectivity index (χ2v) is 6.06. The Kier molecular flexibility index (Phi) is 10.4. The number of hydrogen-bond donors (Lipinski definition) is 2. The molecule has 1 aromatic rings. The Balaban J connectivity index is 2.10. The SMILES string of the molecule is CN=C(NCCCCc1ccc(OC)cc1)NCCCSC. The van der Waals surface area contributed by atoms with Crippen LogP contribution in [0.15, 0.2) is 29.3 Å². The molecule has 0 aliphatic carbocycles. The van der Waals surface area contributed by atoms with Gasteiger partial charge < -0.3 is 15.4 Å². The molecule has 0 atom stereocenters. The summed E-state index contributed by atoms with van der Waals surface area (Å²) in [4.78, 5) is 4.23. The molecule has 0 spiro atoms. The van der Waals surface area contributed by atoms with Crippen molar-refractivity contribution < 1.29 is 4.74 Å². The Morgan fingerprint density at radius 2 is 1.77 bits per heavy atom. The quantitative estimate of drug-likeness (QED) is 0.395. The van der Waals surface area contributed by atoms with Gasteiger partial charge in [-0.2, -0.15) is 11.8 Å². The third kappa shape index (κ3) is 8.17. The summed E-state index contributed by atoms with van der Waals surface area (Å²) in [5, 5.41) is 6.70. The first kappa shape index (κ1) is 18.7. The Hall–Kier alpha value is -1.36. The Morgan fingerprint density at radius 1 is 1.09 bits per heavy atom. The summed E-state index contributed by atoms with van der Waals surface area (Å²) in [6.07, 6.45) is 6.71. The number of rotatable bonds is 10. The summed E-state index contributed by atoms with van der Waals surface area (Å²) in [6, 6.07) is 8.32. The minimum Gasteiger partial charge on any atom is -0.497 e. The molecule has 0 saturated heterocycles. The van der Waals surface area contributed by atoms with Crippen molar-refractivity contribution in [1.29, 1.82) is 0 Å². The summed E-state index contributed by atoms with van der Waals surface area (Å²) in [5.41, 5.74) is 1.36. The topological polar surface area (TPSA) is 45.7 Å². The fourth-order valence-corrected chi connectivity index (χ4v) is 2.53. The fourth-order valence-electron chi connectivity index (χ4n) is 2.10. The van der Waals surface area contributed by atoms with E-state index < -0.39 is 0 Å². The van der Waals surface area contributed by atoms with Crippen LogP contribution in [-0.2, 0) is 6.42 Å². The number of nitrogens with one attached hydrogen (secondary N) is 2. The van der Waals surface area contributed by atoms with Gasteiger partial charge >= 0.3 is 0 Å². The van der Waals surface area contributed by atoms with Crippen LogP contribution in [0, 0.1) is 0 Å². The van der Waals surface area contributed by atoms with Crippen LogP contribution in [0.1, 0.15) is 24.8 Å². The molecule has 0 saturated carbocycles.